The third-order valence-electron chi connectivity index (χ3n) is 5.38. The molecule has 31 heavy (non-hydrogen) atoms. The summed E-state index contributed by atoms with van der Waals surface area (Å²) in [5.74, 6) is -0.968. The van der Waals surface area contributed by atoms with Gasteiger partial charge in [0.1, 0.15) is 11.4 Å². The van der Waals surface area contributed by atoms with Gasteiger partial charge in [-0.05, 0) is 25.0 Å². The number of carbonyl (C=O) groups is 2. The van der Waals surface area contributed by atoms with Crippen LogP contribution >= 0.6 is 0 Å². The molecule has 0 unspecified atom stereocenters. The van der Waals surface area contributed by atoms with E-state index in [1.165, 1.54) is 64.2 Å². The number of esters is 2. The lowest BCUT2D eigenvalue weighted by atomic mass is 10.1. The molecule has 0 saturated carbocycles. The number of rotatable bonds is 19. The third-order valence-corrected chi connectivity index (χ3v) is 5.38. The SMILES string of the molecule is CCCCCCCCCCCCOC(=O)c1cccc(C(=O)OCCCCCCC)n1. The molecule has 0 radical (unpaired) electrons. The number of hydrogen-bond acceptors (Lipinski definition) is 5. The van der Waals surface area contributed by atoms with Gasteiger partial charge in [0.25, 0.3) is 0 Å². The first-order valence-electron chi connectivity index (χ1n) is 12.5. The van der Waals surface area contributed by atoms with Gasteiger partial charge in [-0.2, -0.15) is 0 Å². The van der Waals surface area contributed by atoms with Crippen molar-refractivity contribution in [1.82, 2.24) is 4.98 Å². The summed E-state index contributed by atoms with van der Waals surface area (Å²) < 4.78 is 10.6. The van der Waals surface area contributed by atoms with E-state index in [2.05, 4.69) is 18.8 Å². The number of carbonyl (C=O) groups excluding carboxylic acids is 2. The highest BCUT2D eigenvalue weighted by Crippen LogP contribution is 2.11. The Morgan fingerprint density at radius 2 is 0.968 bits per heavy atom. The predicted octanol–water partition coefficient (Wildman–Crippen LogP) is 7.29. The van der Waals surface area contributed by atoms with Crippen molar-refractivity contribution in [2.45, 2.75) is 110 Å². The molecule has 0 bridgehead atoms. The van der Waals surface area contributed by atoms with E-state index in [1.807, 2.05) is 0 Å². The van der Waals surface area contributed by atoms with E-state index in [9.17, 15) is 9.59 Å². The molecule has 0 amide bonds. The lowest BCUT2D eigenvalue weighted by Crippen LogP contribution is -2.13. The topological polar surface area (TPSA) is 65.5 Å². The fraction of sp³-hybridized carbons (Fsp3) is 0.731. The molecule has 1 aromatic rings. The van der Waals surface area contributed by atoms with Crippen molar-refractivity contribution in [2.75, 3.05) is 13.2 Å². The maximum atomic E-state index is 12.2. The van der Waals surface area contributed by atoms with E-state index in [-0.39, 0.29) is 11.4 Å². The van der Waals surface area contributed by atoms with Gasteiger partial charge in [0.05, 0.1) is 13.2 Å². The summed E-state index contributed by atoms with van der Waals surface area (Å²) in [6.07, 6.45) is 17.8. The van der Waals surface area contributed by atoms with Crippen LogP contribution in [0.25, 0.3) is 0 Å². The molecular formula is C26H43NO4. The van der Waals surface area contributed by atoms with E-state index in [1.54, 1.807) is 18.2 Å². The summed E-state index contributed by atoms with van der Waals surface area (Å²) in [5.41, 5.74) is 0.311. The highest BCUT2D eigenvalue weighted by molar-refractivity contribution is 5.91. The quantitative estimate of drug-likeness (QED) is 0.169. The Kier molecular flexibility index (Phi) is 16.5. The predicted molar refractivity (Wildman–Crippen MR) is 125 cm³/mol. The van der Waals surface area contributed by atoms with Crippen LogP contribution < -0.4 is 0 Å². The summed E-state index contributed by atoms with van der Waals surface area (Å²) in [6.45, 7) is 5.19. The van der Waals surface area contributed by atoms with Crippen LogP contribution in [0.4, 0.5) is 0 Å². The van der Waals surface area contributed by atoms with Crippen molar-refractivity contribution in [1.29, 1.82) is 0 Å². The van der Waals surface area contributed by atoms with Crippen molar-refractivity contribution in [2.24, 2.45) is 0 Å². The summed E-state index contributed by atoms with van der Waals surface area (Å²) >= 11 is 0. The van der Waals surface area contributed by atoms with Gasteiger partial charge in [0.15, 0.2) is 0 Å². The van der Waals surface area contributed by atoms with Gasteiger partial charge >= 0.3 is 11.9 Å². The van der Waals surface area contributed by atoms with Crippen LogP contribution in [0.15, 0.2) is 18.2 Å². The summed E-state index contributed by atoms with van der Waals surface area (Å²) in [4.78, 5) is 28.5. The molecule has 5 nitrogen and oxygen atoms in total. The lowest BCUT2D eigenvalue weighted by molar-refractivity contribution is 0.0482. The molecule has 0 fully saturated rings. The first-order chi connectivity index (χ1) is 15.2. The van der Waals surface area contributed by atoms with Gasteiger partial charge in [-0.3, -0.25) is 0 Å². The fourth-order valence-corrected chi connectivity index (χ4v) is 3.43. The average Bonchev–Trinajstić information content (AvgIpc) is 2.79. The summed E-state index contributed by atoms with van der Waals surface area (Å²) in [6, 6.07) is 4.78. The van der Waals surface area contributed by atoms with Crippen LogP contribution in [-0.2, 0) is 9.47 Å². The number of unbranched alkanes of at least 4 members (excludes halogenated alkanes) is 13. The van der Waals surface area contributed by atoms with E-state index in [4.69, 9.17) is 9.47 Å². The van der Waals surface area contributed by atoms with Gasteiger partial charge in [-0.15, -0.1) is 0 Å². The molecule has 1 heterocycles. The van der Waals surface area contributed by atoms with Crippen molar-refractivity contribution in [3.05, 3.63) is 29.6 Å². The molecule has 0 atom stereocenters. The number of hydrogen-bond donors (Lipinski definition) is 0. The van der Waals surface area contributed by atoms with Crippen molar-refractivity contribution >= 4 is 11.9 Å². The Morgan fingerprint density at radius 3 is 1.35 bits per heavy atom. The molecule has 0 aliphatic rings. The molecule has 5 heteroatoms. The Hall–Kier alpha value is -1.91. The smallest absolute Gasteiger partial charge is 0.356 e. The first-order valence-corrected chi connectivity index (χ1v) is 12.5. The summed E-state index contributed by atoms with van der Waals surface area (Å²) in [7, 11) is 0. The standard InChI is InChI=1S/C26H43NO4/c1-3-5-7-9-10-11-12-13-15-17-22-31-26(29)24-20-18-19-23(27-24)25(28)30-21-16-14-8-6-4-2/h18-20H,3-17,21-22H2,1-2H3. The highest BCUT2D eigenvalue weighted by atomic mass is 16.5. The van der Waals surface area contributed by atoms with Gasteiger partial charge in [-0.1, -0.05) is 103 Å². The minimum absolute atomic E-state index is 0.155. The monoisotopic (exact) mass is 433 g/mol. The van der Waals surface area contributed by atoms with Crippen LogP contribution in [0.1, 0.15) is 131 Å². The molecule has 0 aromatic carbocycles. The molecule has 0 saturated heterocycles. The molecule has 1 rings (SSSR count). The van der Waals surface area contributed by atoms with Crippen LogP contribution in [0, 0.1) is 0 Å². The van der Waals surface area contributed by atoms with Crippen molar-refractivity contribution < 1.29 is 19.1 Å². The second-order valence-electron chi connectivity index (χ2n) is 8.28. The molecule has 0 aliphatic heterocycles. The molecule has 176 valence electrons. The Bertz CT molecular complexity index is 603. The zero-order chi connectivity index (χ0) is 22.6. The minimum atomic E-state index is -0.486. The summed E-state index contributed by atoms with van der Waals surface area (Å²) in [5, 5.41) is 0. The largest absolute Gasteiger partial charge is 0.461 e. The van der Waals surface area contributed by atoms with Crippen LogP contribution in [0.2, 0.25) is 0 Å². The highest BCUT2D eigenvalue weighted by Gasteiger charge is 2.14. The molecule has 0 aliphatic carbocycles. The van der Waals surface area contributed by atoms with E-state index in [0.717, 1.165) is 32.1 Å². The maximum Gasteiger partial charge on any atom is 0.356 e. The average molecular weight is 434 g/mol. The van der Waals surface area contributed by atoms with Crippen LogP contribution in [-0.4, -0.2) is 30.1 Å². The van der Waals surface area contributed by atoms with Gasteiger partial charge in [0.2, 0.25) is 0 Å². The van der Waals surface area contributed by atoms with Crippen LogP contribution in [0.3, 0.4) is 0 Å². The third kappa shape index (κ3) is 13.9. The van der Waals surface area contributed by atoms with E-state index < -0.39 is 11.9 Å². The maximum absolute atomic E-state index is 12.2. The minimum Gasteiger partial charge on any atom is -0.461 e. The first kappa shape index (κ1) is 27.1. The number of aromatic nitrogens is 1. The van der Waals surface area contributed by atoms with E-state index >= 15 is 0 Å². The molecule has 0 N–H and O–H groups in total. The fourth-order valence-electron chi connectivity index (χ4n) is 3.43. The number of ether oxygens (including phenoxy) is 2. The Labute approximate surface area is 189 Å². The molecule has 0 spiro atoms. The van der Waals surface area contributed by atoms with Gasteiger partial charge in [-0.25, -0.2) is 14.6 Å². The zero-order valence-corrected chi connectivity index (χ0v) is 19.8. The number of nitrogens with zero attached hydrogens (tertiary/aromatic N) is 1. The Balaban J connectivity index is 2.16. The van der Waals surface area contributed by atoms with Crippen molar-refractivity contribution in [3.63, 3.8) is 0 Å². The Morgan fingerprint density at radius 1 is 0.613 bits per heavy atom. The van der Waals surface area contributed by atoms with Gasteiger partial charge < -0.3 is 9.47 Å². The normalized spacial score (nSPS) is 10.8. The van der Waals surface area contributed by atoms with Crippen molar-refractivity contribution in [3.8, 4) is 0 Å². The van der Waals surface area contributed by atoms with E-state index in [0.29, 0.717) is 13.2 Å². The second-order valence-corrected chi connectivity index (χ2v) is 8.28. The van der Waals surface area contributed by atoms with Gasteiger partial charge in [0, 0.05) is 0 Å². The molecular weight excluding hydrogens is 390 g/mol. The molecule has 1 aromatic heterocycles. The zero-order valence-electron chi connectivity index (χ0n) is 19.8. The van der Waals surface area contributed by atoms with Crippen LogP contribution in [0.5, 0.6) is 0 Å². The second kappa shape index (κ2) is 18.8. The number of pyridine rings is 1. The lowest BCUT2D eigenvalue weighted by Gasteiger charge is -2.07.